The molecule has 0 saturated heterocycles. The van der Waals surface area contributed by atoms with Gasteiger partial charge in [-0.1, -0.05) is 12.2 Å². The third-order valence-corrected chi connectivity index (χ3v) is 2.51. The largest absolute Gasteiger partial charge is 0.344 e. The van der Waals surface area contributed by atoms with E-state index in [4.69, 9.17) is 5.73 Å². The molecular weight excluding hydrogens is 178 g/mol. The van der Waals surface area contributed by atoms with Gasteiger partial charge in [0.05, 0.1) is 5.92 Å². The van der Waals surface area contributed by atoms with E-state index in [1.54, 1.807) is 4.90 Å². The summed E-state index contributed by atoms with van der Waals surface area (Å²) in [4.78, 5) is 13.5. The molecule has 0 aromatic carbocycles. The highest BCUT2D eigenvalue weighted by Crippen LogP contribution is 2.18. The first-order chi connectivity index (χ1) is 6.65. The molecule has 2 atom stereocenters. The number of carbonyl (C=O) groups is 1. The number of amides is 1. The fourth-order valence-corrected chi connectivity index (χ4v) is 1.58. The fraction of sp³-hybridized carbons (Fsp3) is 0.700. The van der Waals surface area contributed by atoms with Crippen molar-refractivity contribution in [2.24, 2.45) is 11.7 Å². The Balaban J connectivity index is 2.37. The van der Waals surface area contributed by atoms with Crippen LogP contribution >= 0.6 is 0 Å². The Bertz CT molecular complexity index is 227. The molecule has 3 N–H and O–H groups in total. The summed E-state index contributed by atoms with van der Waals surface area (Å²) in [6.07, 6.45) is 4.58. The first-order valence-electron chi connectivity index (χ1n) is 4.98. The molecule has 0 bridgehead atoms. The van der Waals surface area contributed by atoms with Gasteiger partial charge < -0.3 is 16.0 Å². The zero-order chi connectivity index (χ0) is 10.6. The molecule has 4 nitrogen and oxygen atoms in total. The van der Waals surface area contributed by atoms with Crippen LogP contribution in [0.5, 0.6) is 0 Å². The predicted octanol–water partition coefficient (Wildman–Crippen LogP) is -0.432. The van der Waals surface area contributed by atoms with Gasteiger partial charge in [-0.3, -0.25) is 4.79 Å². The zero-order valence-corrected chi connectivity index (χ0v) is 8.86. The van der Waals surface area contributed by atoms with Crippen molar-refractivity contribution in [3.8, 4) is 0 Å². The van der Waals surface area contributed by atoms with Gasteiger partial charge in [-0.2, -0.15) is 0 Å². The van der Waals surface area contributed by atoms with E-state index in [9.17, 15) is 4.79 Å². The lowest BCUT2D eigenvalue weighted by atomic mass is 10.1. The number of hydrogen-bond donors (Lipinski definition) is 2. The van der Waals surface area contributed by atoms with Gasteiger partial charge in [0.2, 0.25) is 5.91 Å². The van der Waals surface area contributed by atoms with Gasteiger partial charge in [-0.05, 0) is 13.5 Å². The van der Waals surface area contributed by atoms with Crippen molar-refractivity contribution >= 4 is 5.91 Å². The smallest absolute Gasteiger partial charge is 0.229 e. The van der Waals surface area contributed by atoms with E-state index in [-0.39, 0.29) is 17.9 Å². The lowest BCUT2D eigenvalue weighted by Crippen LogP contribution is -2.36. The molecule has 0 fully saturated rings. The second kappa shape index (κ2) is 5.12. The quantitative estimate of drug-likeness (QED) is 0.601. The van der Waals surface area contributed by atoms with Crippen molar-refractivity contribution in [3.05, 3.63) is 12.2 Å². The molecular formula is C10H19N3O. The second-order valence-electron chi connectivity index (χ2n) is 3.75. The summed E-state index contributed by atoms with van der Waals surface area (Å²) >= 11 is 0. The number of carbonyl (C=O) groups excluding carboxylic acids is 1. The van der Waals surface area contributed by atoms with Crippen LogP contribution in [0.25, 0.3) is 0 Å². The van der Waals surface area contributed by atoms with Gasteiger partial charge in [-0.15, -0.1) is 0 Å². The molecule has 4 heteroatoms. The van der Waals surface area contributed by atoms with Gasteiger partial charge in [0.25, 0.3) is 0 Å². The van der Waals surface area contributed by atoms with E-state index in [2.05, 4.69) is 5.32 Å². The molecule has 2 unspecified atom stereocenters. The minimum Gasteiger partial charge on any atom is -0.344 e. The van der Waals surface area contributed by atoms with Crippen molar-refractivity contribution in [1.29, 1.82) is 0 Å². The van der Waals surface area contributed by atoms with Gasteiger partial charge in [-0.25, -0.2) is 0 Å². The Morgan fingerprint density at radius 2 is 2.36 bits per heavy atom. The Labute approximate surface area is 85.1 Å². The van der Waals surface area contributed by atoms with Crippen LogP contribution in [0.4, 0.5) is 0 Å². The average Bonchev–Trinajstić information content (AvgIpc) is 2.60. The van der Waals surface area contributed by atoms with E-state index < -0.39 is 0 Å². The highest BCUT2D eigenvalue weighted by Gasteiger charge is 2.24. The van der Waals surface area contributed by atoms with Gasteiger partial charge in [0, 0.05) is 26.2 Å². The number of rotatable bonds is 4. The molecule has 0 aromatic rings. The normalized spacial score (nSPS) is 25.4. The van der Waals surface area contributed by atoms with Crippen molar-refractivity contribution in [1.82, 2.24) is 10.2 Å². The third kappa shape index (κ3) is 2.82. The van der Waals surface area contributed by atoms with E-state index in [0.29, 0.717) is 0 Å². The summed E-state index contributed by atoms with van der Waals surface area (Å²) in [5, 5.41) is 3.02. The number of hydrogen-bond acceptors (Lipinski definition) is 3. The first-order valence-corrected chi connectivity index (χ1v) is 4.98. The van der Waals surface area contributed by atoms with Crippen molar-refractivity contribution < 1.29 is 4.79 Å². The maximum absolute atomic E-state index is 11.8. The third-order valence-electron chi connectivity index (χ3n) is 2.51. The van der Waals surface area contributed by atoms with Gasteiger partial charge in [0.15, 0.2) is 0 Å². The number of likely N-dealkylation sites (N-methyl/N-ethyl adjacent to an activating group) is 2. The molecule has 1 aliphatic rings. The Hall–Kier alpha value is -0.870. The number of nitrogens with zero attached hydrogens (tertiary/aromatic N) is 1. The maximum Gasteiger partial charge on any atom is 0.229 e. The summed E-state index contributed by atoms with van der Waals surface area (Å²) in [5.74, 6) is 0.163. The Kier molecular flexibility index (Phi) is 4.10. The van der Waals surface area contributed by atoms with Crippen molar-refractivity contribution in [2.45, 2.75) is 12.5 Å². The van der Waals surface area contributed by atoms with E-state index >= 15 is 0 Å². The van der Waals surface area contributed by atoms with Crippen LogP contribution in [0.2, 0.25) is 0 Å². The summed E-state index contributed by atoms with van der Waals surface area (Å²) in [6, 6.07) is 0.0571. The molecule has 14 heavy (non-hydrogen) atoms. The molecule has 1 aliphatic carbocycles. The minimum absolute atomic E-state index is 0.00754. The minimum atomic E-state index is -0.00754. The van der Waals surface area contributed by atoms with Crippen LogP contribution in [0.1, 0.15) is 6.42 Å². The summed E-state index contributed by atoms with van der Waals surface area (Å²) in [6.45, 7) is 1.57. The first kappa shape index (κ1) is 11.2. The highest BCUT2D eigenvalue weighted by atomic mass is 16.2. The van der Waals surface area contributed by atoms with Crippen LogP contribution in [-0.2, 0) is 4.79 Å². The topological polar surface area (TPSA) is 58.4 Å². The maximum atomic E-state index is 11.8. The van der Waals surface area contributed by atoms with Crippen LogP contribution in [0.3, 0.4) is 0 Å². The van der Waals surface area contributed by atoms with Crippen molar-refractivity contribution in [2.75, 3.05) is 27.2 Å². The molecule has 1 rings (SSSR count). The SMILES string of the molecule is CNCCN(C)C(=O)C1C=CC(N)C1. The molecule has 0 heterocycles. The second-order valence-corrected chi connectivity index (χ2v) is 3.75. The molecule has 0 radical (unpaired) electrons. The fourth-order valence-electron chi connectivity index (χ4n) is 1.58. The number of nitrogens with two attached hydrogens (primary N) is 1. The molecule has 0 aliphatic heterocycles. The van der Waals surface area contributed by atoms with Crippen molar-refractivity contribution in [3.63, 3.8) is 0 Å². The highest BCUT2D eigenvalue weighted by molar-refractivity contribution is 5.81. The van der Waals surface area contributed by atoms with Crippen LogP contribution < -0.4 is 11.1 Å². The average molecular weight is 197 g/mol. The standard InChI is InChI=1S/C10H19N3O/c1-12-5-6-13(2)10(14)8-3-4-9(11)7-8/h3-4,8-9,12H,5-7,11H2,1-2H3. The van der Waals surface area contributed by atoms with E-state index in [1.165, 1.54) is 0 Å². The molecule has 0 saturated carbocycles. The summed E-state index contributed by atoms with van der Waals surface area (Å²) in [7, 11) is 3.71. The van der Waals surface area contributed by atoms with Crippen LogP contribution in [0.15, 0.2) is 12.2 Å². The lowest BCUT2D eigenvalue weighted by Gasteiger charge is -2.20. The lowest BCUT2D eigenvalue weighted by molar-refractivity contribution is -0.132. The Morgan fingerprint density at radius 3 is 2.86 bits per heavy atom. The van der Waals surface area contributed by atoms with E-state index in [1.807, 2.05) is 26.2 Å². The molecule has 0 spiro atoms. The predicted molar refractivity (Wildman–Crippen MR) is 56.8 cm³/mol. The van der Waals surface area contributed by atoms with Gasteiger partial charge >= 0.3 is 0 Å². The van der Waals surface area contributed by atoms with Gasteiger partial charge in [0.1, 0.15) is 0 Å². The monoisotopic (exact) mass is 197 g/mol. The molecule has 1 amide bonds. The van der Waals surface area contributed by atoms with Crippen LogP contribution in [0, 0.1) is 5.92 Å². The summed E-state index contributed by atoms with van der Waals surface area (Å²) in [5.41, 5.74) is 5.69. The zero-order valence-electron chi connectivity index (χ0n) is 8.86. The summed E-state index contributed by atoms with van der Waals surface area (Å²) < 4.78 is 0. The molecule has 80 valence electrons. The van der Waals surface area contributed by atoms with Crippen LogP contribution in [-0.4, -0.2) is 44.0 Å². The number of nitrogens with one attached hydrogen (secondary N) is 1. The molecule has 0 aromatic heterocycles. The van der Waals surface area contributed by atoms with E-state index in [0.717, 1.165) is 19.5 Å². The Morgan fingerprint density at radius 1 is 1.64 bits per heavy atom.